The summed E-state index contributed by atoms with van der Waals surface area (Å²) < 4.78 is 5.56. The fourth-order valence-electron chi connectivity index (χ4n) is 1.47. The van der Waals surface area contributed by atoms with Crippen LogP contribution in [0.2, 0.25) is 0 Å². The highest BCUT2D eigenvalue weighted by molar-refractivity contribution is 5.94. The molecule has 20 heavy (non-hydrogen) atoms. The van der Waals surface area contributed by atoms with Crippen LogP contribution in [0.3, 0.4) is 0 Å². The van der Waals surface area contributed by atoms with Crippen molar-refractivity contribution in [3.05, 3.63) is 29.8 Å². The number of aliphatic hydroxyl groups is 1. The number of carbonyl (C=O) groups is 1. The van der Waals surface area contributed by atoms with Gasteiger partial charge >= 0.3 is 0 Å². The summed E-state index contributed by atoms with van der Waals surface area (Å²) in [6, 6.07) is 6.98. The lowest BCUT2D eigenvalue weighted by Crippen LogP contribution is -2.46. The zero-order valence-electron chi connectivity index (χ0n) is 12.6. The third-order valence-electron chi connectivity index (χ3n) is 2.77. The summed E-state index contributed by atoms with van der Waals surface area (Å²) in [6.45, 7) is 4.88. The van der Waals surface area contributed by atoms with E-state index in [1.165, 1.54) is 0 Å². The van der Waals surface area contributed by atoms with Crippen LogP contribution in [-0.2, 0) is 0 Å². The lowest BCUT2D eigenvalue weighted by atomic mass is 10.1. The van der Waals surface area contributed by atoms with E-state index in [1.54, 1.807) is 38.1 Å². The van der Waals surface area contributed by atoms with Crippen molar-refractivity contribution < 1.29 is 14.6 Å². The monoisotopic (exact) mass is 280 g/mol. The zero-order chi connectivity index (χ0) is 15.2. The van der Waals surface area contributed by atoms with Crippen LogP contribution >= 0.6 is 0 Å². The standard InChI is InChI=1S/C15H24N2O3/c1-15(2,11-18)16-14(19)12-5-7-13(8-6-12)20-10-9-17(3)4/h5-8,18H,9-11H2,1-4H3,(H,16,19). The molecule has 1 rings (SSSR count). The molecule has 0 aliphatic carbocycles. The Morgan fingerprint density at radius 3 is 2.40 bits per heavy atom. The van der Waals surface area contributed by atoms with Gasteiger partial charge in [-0.3, -0.25) is 4.79 Å². The molecule has 0 saturated carbocycles. The van der Waals surface area contributed by atoms with Crippen molar-refractivity contribution in [2.45, 2.75) is 19.4 Å². The predicted octanol–water partition coefficient (Wildman–Crippen LogP) is 1.13. The molecule has 1 aromatic carbocycles. The Labute approximate surface area is 120 Å². The quantitative estimate of drug-likeness (QED) is 0.786. The summed E-state index contributed by atoms with van der Waals surface area (Å²) in [5.74, 6) is 0.536. The SMILES string of the molecule is CN(C)CCOc1ccc(C(=O)NC(C)(C)CO)cc1. The van der Waals surface area contributed by atoms with Crippen LogP contribution in [0, 0.1) is 0 Å². The molecular weight excluding hydrogens is 256 g/mol. The largest absolute Gasteiger partial charge is 0.492 e. The van der Waals surface area contributed by atoms with Gasteiger partial charge in [-0.25, -0.2) is 0 Å². The van der Waals surface area contributed by atoms with Crippen LogP contribution in [0.15, 0.2) is 24.3 Å². The highest BCUT2D eigenvalue weighted by Crippen LogP contribution is 2.13. The normalized spacial score (nSPS) is 11.5. The van der Waals surface area contributed by atoms with Crippen molar-refractivity contribution in [1.82, 2.24) is 10.2 Å². The van der Waals surface area contributed by atoms with Crippen LogP contribution in [0.1, 0.15) is 24.2 Å². The maximum Gasteiger partial charge on any atom is 0.251 e. The molecule has 0 atom stereocenters. The Kier molecular flexibility index (Phi) is 5.98. The Balaban J connectivity index is 2.55. The number of amides is 1. The predicted molar refractivity (Wildman–Crippen MR) is 79.1 cm³/mol. The van der Waals surface area contributed by atoms with Crippen molar-refractivity contribution >= 4 is 5.91 Å². The number of likely N-dealkylation sites (N-methyl/N-ethyl adjacent to an activating group) is 1. The second-order valence-electron chi connectivity index (χ2n) is 5.67. The number of hydrogen-bond acceptors (Lipinski definition) is 4. The summed E-state index contributed by atoms with van der Waals surface area (Å²) in [7, 11) is 3.97. The van der Waals surface area contributed by atoms with Crippen LogP contribution in [0.5, 0.6) is 5.75 Å². The fourth-order valence-corrected chi connectivity index (χ4v) is 1.47. The van der Waals surface area contributed by atoms with E-state index in [4.69, 9.17) is 9.84 Å². The molecule has 0 aromatic heterocycles. The summed E-state index contributed by atoms with van der Waals surface area (Å²) in [4.78, 5) is 14.0. The van der Waals surface area contributed by atoms with Crippen molar-refractivity contribution in [2.24, 2.45) is 0 Å². The van der Waals surface area contributed by atoms with Crippen LogP contribution in [-0.4, -0.2) is 55.3 Å². The second kappa shape index (κ2) is 7.26. The number of carbonyl (C=O) groups excluding carboxylic acids is 1. The molecule has 1 amide bonds. The van der Waals surface area contributed by atoms with Crippen LogP contribution in [0.4, 0.5) is 0 Å². The molecule has 0 spiro atoms. The highest BCUT2D eigenvalue weighted by Gasteiger charge is 2.19. The summed E-state index contributed by atoms with van der Waals surface area (Å²) in [5.41, 5.74) is -0.0793. The van der Waals surface area contributed by atoms with Gasteiger partial charge in [-0.2, -0.15) is 0 Å². The molecule has 0 radical (unpaired) electrons. The number of ether oxygens (including phenoxy) is 1. The number of aliphatic hydroxyl groups excluding tert-OH is 1. The van der Waals surface area contributed by atoms with Crippen LogP contribution in [0.25, 0.3) is 0 Å². The van der Waals surface area contributed by atoms with Gasteiger partial charge in [0, 0.05) is 12.1 Å². The average molecular weight is 280 g/mol. The number of nitrogens with zero attached hydrogens (tertiary/aromatic N) is 1. The van der Waals surface area contributed by atoms with Gasteiger partial charge in [-0.05, 0) is 52.2 Å². The topological polar surface area (TPSA) is 61.8 Å². The highest BCUT2D eigenvalue weighted by atomic mass is 16.5. The van der Waals surface area contributed by atoms with Gasteiger partial charge in [-0.1, -0.05) is 0 Å². The Morgan fingerprint density at radius 2 is 1.90 bits per heavy atom. The molecule has 0 fully saturated rings. The molecule has 2 N–H and O–H groups in total. The Hall–Kier alpha value is -1.59. The van der Waals surface area contributed by atoms with Crippen molar-refractivity contribution in [3.63, 3.8) is 0 Å². The molecular formula is C15H24N2O3. The third kappa shape index (κ3) is 5.59. The van der Waals surface area contributed by atoms with Gasteiger partial charge in [-0.15, -0.1) is 0 Å². The number of nitrogens with one attached hydrogen (secondary N) is 1. The number of benzene rings is 1. The van der Waals surface area contributed by atoms with Gasteiger partial charge in [0.15, 0.2) is 0 Å². The summed E-state index contributed by atoms with van der Waals surface area (Å²) in [6.07, 6.45) is 0. The van der Waals surface area contributed by atoms with Crippen molar-refractivity contribution in [1.29, 1.82) is 0 Å². The van der Waals surface area contributed by atoms with Gasteiger partial charge in [0.05, 0.1) is 12.1 Å². The van der Waals surface area contributed by atoms with Gasteiger partial charge in [0.1, 0.15) is 12.4 Å². The first-order valence-corrected chi connectivity index (χ1v) is 6.65. The molecule has 0 aliphatic rings. The van der Waals surface area contributed by atoms with E-state index in [2.05, 4.69) is 5.32 Å². The van der Waals surface area contributed by atoms with Crippen molar-refractivity contribution in [2.75, 3.05) is 33.9 Å². The van der Waals surface area contributed by atoms with Gasteiger partial charge < -0.3 is 20.1 Å². The fraction of sp³-hybridized carbons (Fsp3) is 0.533. The molecule has 5 heteroatoms. The van der Waals surface area contributed by atoms with E-state index in [-0.39, 0.29) is 12.5 Å². The van der Waals surface area contributed by atoms with E-state index in [0.717, 1.165) is 12.3 Å². The maximum absolute atomic E-state index is 12.0. The molecule has 112 valence electrons. The molecule has 0 bridgehead atoms. The minimum atomic E-state index is -0.627. The van der Waals surface area contributed by atoms with E-state index >= 15 is 0 Å². The molecule has 0 unspecified atom stereocenters. The molecule has 0 saturated heterocycles. The zero-order valence-corrected chi connectivity index (χ0v) is 12.6. The second-order valence-corrected chi connectivity index (χ2v) is 5.67. The smallest absolute Gasteiger partial charge is 0.251 e. The molecule has 0 heterocycles. The average Bonchev–Trinajstić information content (AvgIpc) is 2.38. The summed E-state index contributed by atoms with van der Waals surface area (Å²) >= 11 is 0. The minimum absolute atomic E-state index is 0.107. The van der Waals surface area contributed by atoms with E-state index in [1.807, 2.05) is 19.0 Å². The number of rotatable bonds is 7. The first-order valence-electron chi connectivity index (χ1n) is 6.65. The van der Waals surface area contributed by atoms with E-state index in [9.17, 15) is 4.79 Å². The number of hydrogen-bond donors (Lipinski definition) is 2. The molecule has 0 aliphatic heterocycles. The lowest BCUT2D eigenvalue weighted by Gasteiger charge is -2.23. The van der Waals surface area contributed by atoms with E-state index < -0.39 is 5.54 Å². The molecule has 5 nitrogen and oxygen atoms in total. The van der Waals surface area contributed by atoms with Gasteiger partial charge in [0.2, 0.25) is 0 Å². The van der Waals surface area contributed by atoms with Crippen LogP contribution < -0.4 is 10.1 Å². The van der Waals surface area contributed by atoms with Gasteiger partial charge in [0.25, 0.3) is 5.91 Å². The maximum atomic E-state index is 12.0. The molecule has 1 aromatic rings. The lowest BCUT2D eigenvalue weighted by molar-refractivity contribution is 0.0869. The van der Waals surface area contributed by atoms with Crippen molar-refractivity contribution in [3.8, 4) is 5.75 Å². The summed E-state index contributed by atoms with van der Waals surface area (Å²) in [5, 5.41) is 11.9. The Bertz CT molecular complexity index is 427. The van der Waals surface area contributed by atoms with E-state index in [0.29, 0.717) is 12.2 Å². The first-order chi connectivity index (χ1) is 9.34. The Morgan fingerprint density at radius 1 is 1.30 bits per heavy atom. The first kappa shape index (κ1) is 16.5. The third-order valence-corrected chi connectivity index (χ3v) is 2.77. The minimum Gasteiger partial charge on any atom is -0.492 e.